The lowest BCUT2D eigenvalue weighted by atomic mass is 10.2. The van der Waals surface area contributed by atoms with Crippen LogP contribution in [0.1, 0.15) is 13.8 Å². The minimum Gasteiger partial charge on any atom is -0.359 e. The predicted octanol–water partition coefficient (Wildman–Crippen LogP) is 2.55. The van der Waals surface area contributed by atoms with Crippen LogP contribution in [0.25, 0.3) is 0 Å². The third kappa shape index (κ3) is 6.75. The van der Waals surface area contributed by atoms with E-state index in [1.54, 1.807) is 12.1 Å². The largest absolute Gasteiger partial charge is 0.411 e. The molecule has 0 aromatic heterocycles. The molecule has 2 amide bonds. The van der Waals surface area contributed by atoms with Gasteiger partial charge in [-0.25, -0.2) is 0 Å². The van der Waals surface area contributed by atoms with Gasteiger partial charge in [0.15, 0.2) is 0 Å². The molecule has 0 fully saturated rings. The zero-order valence-corrected chi connectivity index (χ0v) is 11.5. The van der Waals surface area contributed by atoms with Gasteiger partial charge in [-0.15, -0.1) is 0 Å². The van der Waals surface area contributed by atoms with Crippen LogP contribution in [0.2, 0.25) is 0 Å². The number of hydrogen-bond donors (Lipinski definition) is 2. The molecule has 0 radical (unpaired) electrons. The monoisotopic (exact) mass is 304 g/mol. The smallest absolute Gasteiger partial charge is 0.359 e. The summed E-state index contributed by atoms with van der Waals surface area (Å²) >= 11 is 0. The summed E-state index contributed by atoms with van der Waals surface area (Å²) in [5, 5.41) is 4.96. The maximum absolute atomic E-state index is 12.0. The fourth-order valence-electron chi connectivity index (χ4n) is 1.38. The van der Waals surface area contributed by atoms with Crippen molar-refractivity contribution in [2.24, 2.45) is 0 Å². The Kier molecular flexibility index (Phi) is 5.71. The molecule has 0 saturated heterocycles. The van der Waals surface area contributed by atoms with E-state index < -0.39 is 24.8 Å². The third-order valence-electron chi connectivity index (χ3n) is 2.34. The summed E-state index contributed by atoms with van der Waals surface area (Å²) in [6, 6.07) is 6.13. The number of halogens is 3. The van der Waals surface area contributed by atoms with Crippen LogP contribution >= 0.6 is 0 Å². The minimum absolute atomic E-state index is 0.235. The molecule has 0 spiro atoms. The van der Waals surface area contributed by atoms with Crippen LogP contribution in [0.15, 0.2) is 24.3 Å². The van der Waals surface area contributed by atoms with Crippen molar-refractivity contribution in [3.8, 4) is 0 Å². The quantitative estimate of drug-likeness (QED) is 0.878. The molecular weight excluding hydrogens is 289 g/mol. The highest BCUT2D eigenvalue weighted by Crippen LogP contribution is 2.17. The summed E-state index contributed by atoms with van der Waals surface area (Å²) in [7, 11) is 0. The van der Waals surface area contributed by atoms with Crippen LogP contribution in [-0.4, -0.2) is 30.7 Å². The van der Waals surface area contributed by atoms with Crippen molar-refractivity contribution in [1.29, 1.82) is 0 Å². The first-order valence-corrected chi connectivity index (χ1v) is 6.04. The zero-order valence-electron chi connectivity index (χ0n) is 11.5. The topological polar surface area (TPSA) is 67.4 Å². The Morgan fingerprint density at radius 2 is 1.62 bits per heavy atom. The summed E-state index contributed by atoms with van der Waals surface area (Å²) in [5.41, 5.74) is 0.929. The molecule has 0 aliphatic carbocycles. The normalized spacial score (nSPS) is 12.6. The highest BCUT2D eigenvalue weighted by molar-refractivity contribution is 5.94. The van der Waals surface area contributed by atoms with E-state index in [0.29, 0.717) is 11.4 Å². The Labute approximate surface area is 119 Å². The maximum Gasteiger partial charge on any atom is 0.411 e. The molecule has 0 bridgehead atoms. The van der Waals surface area contributed by atoms with Crippen LogP contribution in [-0.2, 0) is 14.3 Å². The van der Waals surface area contributed by atoms with E-state index in [2.05, 4.69) is 15.4 Å². The molecule has 1 unspecified atom stereocenters. The van der Waals surface area contributed by atoms with Gasteiger partial charge < -0.3 is 15.4 Å². The minimum atomic E-state index is -4.48. The van der Waals surface area contributed by atoms with Crippen LogP contribution in [0, 0.1) is 0 Å². The van der Waals surface area contributed by atoms with Gasteiger partial charge in [-0.1, -0.05) is 0 Å². The van der Waals surface area contributed by atoms with E-state index in [0.717, 1.165) is 0 Å². The highest BCUT2D eigenvalue weighted by atomic mass is 19.4. The van der Waals surface area contributed by atoms with Crippen LogP contribution < -0.4 is 10.6 Å². The third-order valence-corrected chi connectivity index (χ3v) is 2.34. The van der Waals surface area contributed by atoms with Crippen LogP contribution in [0.5, 0.6) is 0 Å². The summed E-state index contributed by atoms with van der Waals surface area (Å²) in [5.74, 6) is -0.924. The van der Waals surface area contributed by atoms with E-state index in [-0.39, 0.29) is 5.91 Å². The van der Waals surface area contributed by atoms with Gasteiger partial charge in [-0.3, -0.25) is 9.59 Å². The summed E-state index contributed by atoms with van der Waals surface area (Å²) < 4.78 is 40.3. The molecule has 1 aromatic carbocycles. The number of anilines is 2. The van der Waals surface area contributed by atoms with Gasteiger partial charge in [0, 0.05) is 18.3 Å². The Morgan fingerprint density at radius 1 is 1.14 bits per heavy atom. The van der Waals surface area contributed by atoms with Crippen molar-refractivity contribution >= 4 is 23.2 Å². The first-order chi connectivity index (χ1) is 9.67. The second-order valence-corrected chi connectivity index (χ2v) is 4.32. The molecule has 1 rings (SSSR count). The first-order valence-electron chi connectivity index (χ1n) is 6.04. The number of ether oxygens (including phenoxy) is 1. The van der Waals surface area contributed by atoms with E-state index >= 15 is 0 Å². The number of alkyl halides is 3. The molecule has 0 heterocycles. The average molecular weight is 304 g/mol. The number of amides is 2. The van der Waals surface area contributed by atoms with Crippen molar-refractivity contribution in [2.45, 2.75) is 26.1 Å². The summed E-state index contributed by atoms with van der Waals surface area (Å²) in [6.07, 6.45) is -5.71. The lowest BCUT2D eigenvalue weighted by Gasteiger charge is -2.15. The van der Waals surface area contributed by atoms with E-state index in [1.165, 1.54) is 26.0 Å². The fourth-order valence-corrected chi connectivity index (χ4v) is 1.38. The van der Waals surface area contributed by atoms with Crippen molar-refractivity contribution in [3.05, 3.63) is 24.3 Å². The highest BCUT2D eigenvalue weighted by Gasteiger charge is 2.29. The molecule has 5 nitrogen and oxygen atoms in total. The molecule has 0 aliphatic heterocycles. The van der Waals surface area contributed by atoms with Gasteiger partial charge >= 0.3 is 6.18 Å². The van der Waals surface area contributed by atoms with E-state index in [1.807, 2.05) is 0 Å². The number of nitrogens with one attached hydrogen (secondary N) is 2. The van der Waals surface area contributed by atoms with Gasteiger partial charge in [0.2, 0.25) is 5.91 Å². The Hall–Kier alpha value is -2.09. The zero-order chi connectivity index (χ0) is 16.0. The predicted molar refractivity (Wildman–Crippen MR) is 70.8 cm³/mol. The lowest BCUT2D eigenvalue weighted by molar-refractivity contribution is -0.184. The maximum atomic E-state index is 12.0. The second-order valence-electron chi connectivity index (χ2n) is 4.32. The molecule has 2 N–H and O–H groups in total. The van der Waals surface area contributed by atoms with Gasteiger partial charge in [0.25, 0.3) is 5.91 Å². The van der Waals surface area contributed by atoms with Gasteiger partial charge in [-0.05, 0) is 31.2 Å². The molecule has 1 atom stereocenters. The number of carbonyl (C=O) groups excluding carboxylic acids is 2. The number of carbonyl (C=O) groups is 2. The lowest BCUT2D eigenvalue weighted by Crippen LogP contribution is -2.31. The molecular formula is C13H15F3N2O3. The van der Waals surface area contributed by atoms with Crippen molar-refractivity contribution in [3.63, 3.8) is 0 Å². The van der Waals surface area contributed by atoms with Gasteiger partial charge in [0.05, 0.1) is 0 Å². The number of rotatable bonds is 5. The van der Waals surface area contributed by atoms with Crippen LogP contribution in [0.4, 0.5) is 24.5 Å². The van der Waals surface area contributed by atoms with Gasteiger partial charge in [-0.2, -0.15) is 13.2 Å². The number of hydrogen-bond acceptors (Lipinski definition) is 3. The summed E-state index contributed by atoms with van der Waals surface area (Å²) in [4.78, 5) is 22.4. The Morgan fingerprint density at radius 3 is 2.05 bits per heavy atom. The molecule has 0 saturated carbocycles. The molecule has 0 aliphatic rings. The van der Waals surface area contributed by atoms with Crippen molar-refractivity contribution in [1.82, 2.24) is 0 Å². The van der Waals surface area contributed by atoms with E-state index in [4.69, 9.17) is 0 Å². The SMILES string of the molecule is CC(=O)Nc1ccc(NC(=O)C(C)OCC(F)(F)F)cc1. The molecule has 1 aromatic rings. The van der Waals surface area contributed by atoms with Gasteiger partial charge in [0.1, 0.15) is 12.7 Å². The standard InChI is InChI=1S/C13H15F3N2O3/c1-8(21-7-13(14,15)16)12(20)18-11-5-3-10(4-6-11)17-9(2)19/h3-6,8H,7H2,1-2H3,(H,17,19)(H,18,20). The van der Waals surface area contributed by atoms with E-state index in [9.17, 15) is 22.8 Å². The molecule has 8 heteroatoms. The summed E-state index contributed by atoms with van der Waals surface area (Å²) in [6.45, 7) is 1.10. The Balaban J connectivity index is 2.52. The fraction of sp³-hybridized carbons (Fsp3) is 0.385. The molecule has 116 valence electrons. The molecule has 21 heavy (non-hydrogen) atoms. The first kappa shape index (κ1) is 17.0. The Bertz CT molecular complexity index is 500. The second kappa shape index (κ2) is 7.07. The number of benzene rings is 1. The van der Waals surface area contributed by atoms with Crippen molar-refractivity contribution < 1.29 is 27.5 Å². The average Bonchev–Trinajstić information content (AvgIpc) is 2.36. The van der Waals surface area contributed by atoms with Crippen molar-refractivity contribution in [2.75, 3.05) is 17.2 Å². The van der Waals surface area contributed by atoms with Crippen LogP contribution in [0.3, 0.4) is 0 Å².